The van der Waals surface area contributed by atoms with Crippen molar-refractivity contribution in [1.29, 1.82) is 0 Å². The maximum Gasteiger partial charge on any atom is 0.417 e. The molecule has 0 unspecified atom stereocenters. The zero-order chi connectivity index (χ0) is 20.2. The van der Waals surface area contributed by atoms with Gasteiger partial charge in [-0.05, 0) is 24.3 Å². The molecule has 7 nitrogen and oxygen atoms in total. The van der Waals surface area contributed by atoms with Gasteiger partial charge in [0.25, 0.3) is 11.6 Å². The van der Waals surface area contributed by atoms with Crippen LogP contribution >= 0.6 is 11.6 Å². The molecule has 0 aliphatic rings. The summed E-state index contributed by atoms with van der Waals surface area (Å²) in [4.78, 5) is 33.7. The van der Waals surface area contributed by atoms with E-state index in [4.69, 9.17) is 11.6 Å². The van der Waals surface area contributed by atoms with E-state index in [-0.39, 0.29) is 11.3 Å². The first-order valence-corrected chi connectivity index (χ1v) is 7.54. The summed E-state index contributed by atoms with van der Waals surface area (Å²) in [5.74, 6) is -2.05. The van der Waals surface area contributed by atoms with Crippen LogP contribution in [-0.2, 0) is 15.7 Å². The molecule has 2 aromatic rings. The maximum absolute atomic E-state index is 12.8. The summed E-state index contributed by atoms with van der Waals surface area (Å²) in [6, 6.07) is 7.68. The number of anilines is 1. The zero-order valence-electron chi connectivity index (χ0n) is 13.2. The molecule has 1 N–H and O–H groups in total. The smallest absolute Gasteiger partial charge is 0.417 e. The number of benzene rings is 2. The molecular formula is C16H10ClF3N2O5. The first kappa shape index (κ1) is 20.2. The Morgan fingerprint density at radius 3 is 2.48 bits per heavy atom. The number of carbonyl (C=O) groups excluding carboxylic acids is 2. The average Bonchev–Trinajstić information content (AvgIpc) is 2.60. The summed E-state index contributed by atoms with van der Waals surface area (Å²) in [5, 5.41) is 12.4. The number of para-hydroxylation sites is 1. The highest BCUT2D eigenvalue weighted by Gasteiger charge is 2.33. The molecule has 0 aliphatic heterocycles. The third-order valence-corrected chi connectivity index (χ3v) is 3.54. The number of ether oxygens (including phenoxy) is 1. The minimum Gasteiger partial charge on any atom is -0.452 e. The number of nitrogens with one attached hydrogen (secondary N) is 1. The largest absolute Gasteiger partial charge is 0.452 e. The van der Waals surface area contributed by atoms with Crippen LogP contribution in [0.25, 0.3) is 0 Å². The van der Waals surface area contributed by atoms with Crippen molar-refractivity contribution in [2.24, 2.45) is 0 Å². The Hall–Kier alpha value is -3.14. The summed E-state index contributed by atoms with van der Waals surface area (Å²) in [7, 11) is 0. The quantitative estimate of drug-likeness (QED) is 0.462. The molecule has 142 valence electrons. The fraction of sp³-hybridized carbons (Fsp3) is 0.125. The molecule has 2 aromatic carbocycles. The number of esters is 1. The minimum atomic E-state index is -4.71. The molecule has 11 heteroatoms. The van der Waals surface area contributed by atoms with E-state index in [0.717, 1.165) is 24.3 Å². The number of rotatable bonds is 5. The van der Waals surface area contributed by atoms with E-state index in [1.807, 2.05) is 0 Å². The van der Waals surface area contributed by atoms with Crippen LogP contribution in [0.4, 0.5) is 24.5 Å². The Morgan fingerprint density at radius 1 is 1.19 bits per heavy atom. The van der Waals surface area contributed by atoms with Crippen LogP contribution in [-0.4, -0.2) is 23.4 Å². The van der Waals surface area contributed by atoms with Crippen LogP contribution in [0.3, 0.4) is 0 Å². The first-order chi connectivity index (χ1) is 12.6. The van der Waals surface area contributed by atoms with E-state index in [9.17, 15) is 32.9 Å². The molecule has 0 aliphatic carbocycles. The molecule has 1 amide bonds. The molecule has 27 heavy (non-hydrogen) atoms. The molecule has 0 radical (unpaired) electrons. The van der Waals surface area contributed by atoms with Crippen LogP contribution < -0.4 is 5.32 Å². The Bertz CT molecular complexity index is 902. The number of amides is 1. The Morgan fingerprint density at radius 2 is 1.85 bits per heavy atom. The molecule has 0 spiro atoms. The second-order valence-corrected chi connectivity index (χ2v) is 5.50. The van der Waals surface area contributed by atoms with Gasteiger partial charge in [0, 0.05) is 11.8 Å². The molecule has 0 saturated heterocycles. The number of nitro benzene ring substituents is 1. The van der Waals surface area contributed by atoms with Crippen LogP contribution in [0, 0.1) is 10.1 Å². The number of hydrogen-bond acceptors (Lipinski definition) is 5. The number of alkyl halides is 3. The molecule has 0 heterocycles. The van der Waals surface area contributed by atoms with Crippen molar-refractivity contribution >= 4 is 34.9 Å². The summed E-state index contributed by atoms with van der Waals surface area (Å²) in [6.07, 6.45) is -4.71. The van der Waals surface area contributed by atoms with E-state index in [2.05, 4.69) is 10.1 Å². The molecule has 2 rings (SSSR count). The monoisotopic (exact) mass is 402 g/mol. The van der Waals surface area contributed by atoms with E-state index in [0.29, 0.717) is 6.07 Å². The lowest BCUT2D eigenvalue weighted by atomic mass is 10.2. The van der Waals surface area contributed by atoms with Crippen molar-refractivity contribution in [3.8, 4) is 0 Å². The van der Waals surface area contributed by atoms with Gasteiger partial charge in [-0.3, -0.25) is 14.9 Å². The average molecular weight is 403 g/mol. The van der Waals surface area contributed by atoms with Gasteiger partial charge >= 0.3 is 12.1 Å². The highest BCUT2D eigenvalue weighted by atomic mass is 35.5. The van der Waals surface area contributed by atoms with E-state index in [1.54, 1.807) is 0 Å². The van der Waals surface area contributed by atoms with Crippen LogP contribution in [0.5, 0.6) is 0 Å². The lowest BCUT2D eigenvalue weighted by Gasteiger charge is -2.12. The third-order valence-electron chi connectivity index (χ3n) is 3.21. The van der Waals surface area contributed by atoms with Crippen molar-refractivity contribution in [3.63, 3.8) is 0 Å². The predicted octanol–water partition coefficient (Wildman–Crippen LogP) is 4.06. The van der Waals surface area contributed by atoms with Crippen LogP contribution in [0.15, 0.2) is 42.5 Å². The van der Waals surface area contributed by atoms with Gasteiger partial charge in [-0.2, -0.15) is 13.2 Å². The minimum absolute atomic E-state index is 0.210. The van der Waals surface area contributed by atoms with Crippen molar-refractivity contribution in [1.82, 2.24) is 0 Å². The number of halogens is 4. The normalized spacial score (nSPS) is 11.0. The number of nitrogens with zero attached hydrogens (tertiary/aromatic N) is 1. The van der Waals surface area contributed by atoms with E-state index < -0.39 is 45.9 Å². The zero-order valence-corrected chi connectivity index (χ0v) is 14.0. The van der Waals surface area contributed by atoms with Gasteiger partial charge in [-0.15, -0.1) is 0 Å². The van der Waals surface area contributed by atoms with Gasteiger partial charge in [-0.25, -0.2) is 4.79 Å². The molecule has 0 saturated carbocycles. The van der Waals surface area contributed by atoms with Gasteiger partial charge in [-0.1, -0.05) is 23.7 Å². The SMILES string of the molecule is O=C(COC(=O)c1ccccc1[N+](=O)[O-])Nc1ccc(Cl)c(C(F)(F)F)c1. The van der Waals surface area contributed by atoms with E-state index >= 15 is 0 Å². The Kier molecular flexibility index (Phi) is 6.01. The second-order valence-electron chi connectivity index (χ2n) is 5.09. The summed E-state index contributed by atoms with van der Waals surface area (Å²) >= 11 is 5.47. The number of nitro groups is 1. The molecule has 0 fully saturated rings. The van der Waals surface area contributed by atoms with Crippen molar-refractivity contribution in [3.05, 3.63) is 68.7 Å². The second kappa shape index (κ2) is 8.04. The molecule has 0 bridgehead atoms. The van der Waals surface area contributed by atoms with E-state index in [1.165, 1.54) is 12.1 Å². The fourth-order valence-electron chi connectivity index (χ4n) is 2.03. The van der Waals surface area contributed by atoms with Crippen LogP contribution in [0.2, 0.25) is 5.02 Å². The van der Waals surface area contributed by atoms with Gasteiger partial charge in [0.1, 0.15) is 5.56 Å². The lowest BCUT2D eigenvalue weighted by molar-refractivity contribution is -0.385. The van der Waals surface area contributed by atoms with Gasteiger partial charge in [0.2, 0.25) is 0 Å². The van der Waals surface area contributed by atoms with Gasteiger partial charge in [0.15, 0.2) is 6.61 Å². The molecule has 0 atom stereocenters. The molecular weight excluding hydrogens is 393 g/mol. The first-order valence-electron chi connectivity index (χ1n) is 7.16. The van der Waals surface area contributed by atoms with Crippen molar-refractivity contribution in [2.75, 3.05) is 11.9 Å². The van der Waals surface area contributed by atoms with Crippen molar-refractivity contribution in [2.45, 2.75) is 6.18 Å². The third kappa shape index (κ3) is 5.17. The van der Waals surface area contributed by atoms with Crippen molar-refractivity contribution < 1.29 is 32.4 Å². The maximum atomic E-state index is 12.8. The number of hydrogen-bond donors (Lipinski definition) is 1. The highest BCUT2D eigenvalue weighted by Crippen LogP contribution is 2.36. The highest BCUT2D eigenvalue weighted by molar-refractivity contribution is 6.31. The lowest BCUT2D eigenvalue weighted by Crippen LogP contribution is -2.21. The van der Waals surface area contributed by atoms with Gasteiger partial charge in [0.05, 0.1) is 15.5 Å². The van der Waals surface area contributed by atoms with Gasteiger partial charge < -0.3 is 10.1 Å². The summed E-state index contributed by atoms with van der Waals surface area (Å²) in [5.41, 5.74) is -2.21. The fourth-order valence-corrected chi connectivity index (χ4v) is 2.26. The topological polar surface area (TPSA) is 98.5 Å². The predicted molar refractivity (Wildman–Crippen MR) is 88.5 cm³/mol. The standard InChI is InChI=1S/C16H10ClF3N2O5/c17-12-6-5-9(7-11(12)16(18,19)20)21-14(23)8-27-15(24)10-3-1-2-4-13(10)22(25)26/h1-7H,8H2,(H,21,23). The summed E-state index contributed by atoms with van der Waals surface area (Å²) < 4.78 is 43.0. The van der Waals surface area contributed by atoms with Crippen LogP contribution in [0.1, 0.15) is 15.9 Å². The Labute approximate surface area is 154 Å². The molecule has 0 aromatic heterocycles. The number of carbonyl (C=O) groups is 2. The Balaban J connectivity index is 2.03. The summed E-state index contributed by atoms with van der Waals surface area (Å²) in [6.45, 7) is -0.852.